The largest absolute Gasteiger partial charge is 0.416 e. The zero-order valence-corrected chi connectivity index (χ0v) is 9.28. The van der Waals surface area contributed by atoms with Gasteiger partial charge in [0.2, 0.25) is 0 Å². The Hall–Kier alpha value is -2.11. The van der Waals surface area contributed by atoms with Crippen LogP contribution in [0.2, 0.25) is 0 Å². The normalized spacial score (nSPS) is 11.5. The van der Waals surface area contributed by atoms with Crippen LogP contribution in [-0.2, 0) is 12.6 Å². The molecule has 94 valence electrons. The van der Waals surface area contributed by atoms with E-state index in [4.69, 9.17) is 5.73 Å². The van der Waals surface area contributed by atoms with Crippen LogP contribution in [0.3, 0.4) is 0 Å². The molecule has 2 N–H and O–H groups in total. The van der Waals surface area contributed by atoms with Gasteiger partial charge in [0.05, 0.1) is 11.3 Å². The standard InChI is InChI=1S/C12H10F3N3/c13-12(14,15)9-3-1-2-8(6-9)7-10-4-5-11(16)18-17-10/h1-6H,7H2,(H2,16,18). The predicted octanol–water partition coefficient (Wildman–Crippen LogP) is 2.67. The average molecular weight is 253 g/mol. The molecule has 1 heterocycles. The first-order chi connectivity index (χ1) is 8.45. The predicted molar refractivity (Wildman–Crippen MR) is 60.7 cm³/mol. The zero-order chi connectivity index (χ0) is 13.2. The fourth-order valence-electron chi connectivity index (χ4n) is 1.53. The van der Waals surface area contributed by atoms with Crippen molar-refractivity contribution >= 4 is 5.82 Å². The molecule has 0 amide bonds. The van der Waals surface area contributed by atoms with E-state index in [9.17, 15) is 13.2 Å². The van der Waals surface area contributed by atoms with E-state index in [0.717, 1.165) is 12.1 Å². The first-order valence-electron chi connectivity index (χ1n) is 5.19. The van der Waals surface area contributed by atoms with Crippen LogP contribution in [0.25, 0.3) is 0 Å². The molecule has 0 spiro atoms. The maximum atomic E-state index is 12.5. The Morgan fingerprint density at radius 3 is 2.44 bits per heavy atom. The summed E-state index contributed by atoms with van der Waals surface area (Å²) in [5.74, 6) is 0.280. The number of hydrogen-bond donors (Lipinski definition) is 1. The fraction of sp³-hybridized carbons (Fsp3) is 0.167. The Morgan fingerprint density at radius 2 is 1.83 bits per heavy atom. The third-order valence-corrected chi connectivity index (χ3v) is 2.38. The van der Waals surface area contributed by atoms with Gasteiger partial charge in [0.1, 0.15) is 5.82 Å². The number of halogens is 3. The van der Waals surface area contributed by atoms with Crippen LogP contribution in [0.4, 0.5) is 19.0 Å². The molecule has 2 aromatic rings. The molecule has 6 heteroatoms. The topological polar surface area (TPSA) is 51.8 Å². The summed E-state index contributed by atoms with van der Waals surface area (Å²) in [6.07, 6.45) is -4.04. The maximum Gasteiger partial charge on any atom is 0.416 e. The number of anilines is 1. The van der Waals surface area contributed by atoms with E-state index in [2.05, 4.69) is 10.2 Å². The van der Waals surface area contributed by atoms with Crippen LogP contribution >= 0.6 is 0 Å². The second kappa shape index (κ2) is 4.64. The van der Waals surface area contributed by atoms with Crippen LogP contribution < -0.4 is 5.73 Å². The summed E-state index contributed by atoms with van der Waals surface area (Å²) in [4.78, 5) is 0. The minimum Gasteiger partial charge on any atom is -0.382 e. The van der Waals surface area contributed by atoms with Gasteiger partial charge < -0.3 is 5.73 Å². The number of nitrogens with two attached hydrogens (primary N) is 1. The lowest BCUT2D eigenvalue weighted by Gasteiger charge is -2.08. The van der Waals surface area contributed by atoms with E-state index in [-0.39, 0.29) is 12.2 Å². The first kappa shape index (κ1) is 12.3. The van der Waals surface area contributed by atoms with Gasteiger partial charge in [0.25, 0.3) is 0 Å². The second-order valence-corrected chi connectivity index (χ2v) is 3.82. The Kier molecular flexibility index (Phi) is 3.18. The van der Waals surface area contributed by atoms with Gasteiger partial charge in [0.15, 0.2) is 0 Å². The molecule has 18 heavy (non-hydrogen) atoms. The summed E-state index contributed by atoms with van der Waals surface area (Å²) in [6, 6.07) is 8.35. The summed E-state index contributed by atoms with van der Waals surface area (Å²) in [7, 11) is 0. The molecule has 0 saturated carbocycles. The summed E-state index contributed by atoms with van der Waals surface area (Å²) in [5.41, 5.74) is 5.82. The monoisotopic (exact) mass is 253 g/mol. The highest BCUT2D eigenvalue weighted by molar-refractivity contribution is 5.31. The quantitative estimate of drug-likeness (QED) is 0.895. The van der Waals surface area contributed by atoms with Gasteiger partial charge in [-0.3, -0.25) is 0 Å². The number of hydrogen-bond acceptors (Lipinski definition) is 3. The Balaban J connectivity index is 2.22. The van der Waals surface area contributed by atoms with Gasteiger partial charge in [-0.2, -0.15) is 18.3 Å². The van der Waals surface area contributed by atoms with Crippen molar-refractivity contribution < 1.29 is 13.2 Å². The Bertz CT molecular complexity index is 535. The molecule has 0 radical (unpaired) electrons. The highest BCUT2D eigenvalue weighted by atomic mass is 19.4. The fourth-order valence-corrected chi connectivity index (χ4v) is 1.53. The molecule has 2 rings (SSSR count). The molecule has 0 atom stereocenters. The van der Waals surface area contributed by atoms with Crippen molar-refractivity contribution in [1.82, 2.24) is 10.2 Å². The Labute approximate surface area is 101 Å². The first-order valence-corrected chi connectivity index (χ1v) is 5.19. The smallest absolute Gasteiger partial charge is 0.382 e. The number of nitrogens with zero attached hydrogens (tertiary/aromatic N) is 2. The van der Waals surface area contributed by atoms with Crippen LogP contribution in [0.5, 0.6) is 0 Å². The minimum atomic E-state index is -4.33. The third-order valence-electron chi connectivity index (χ3n) is 2.38. The van der Waals surface area contributed by atoms with Gasteiger partial charge in [-0.1, -0.05) is 18.2 Å². The van der Waals surface area contributed by atoms with Crippen molar-refractivity contribution in [3.05, 3.63) is 53.2 Å². The number of benzene rings is 1. The van der Waals surface area contributed by atoms with E-state index >= 15 is 0 Å². The number of aromatic nitrogens is 2. The molecule has 0 saturated heterocycles. The van der Waals surface area contributed by atoms with Gasteiger partial charge in [-0.25, -0.2) is 0 Å². The summed E-state index contributed by atoms with van der Waals surface area (Å²) < 4.78 is 37.5. The molecule has 0 aliphatic carbocycles. The number of rotatable bonds is 2. The molecule has 0 aliphatic rings. The third kappa shape index (κ3) is 2.97. The summed E-state index contributed by atoms with van der Waals surface area (Å²) in [6.45, 7) is 0. The molecule has 1 aromatic carbocycles. The van der Waals surface area contributed by atoms with Crippen LogP contribution in [0.1, 0.15) is 16.8 Å². The van der Waals surface area contributed by atoms with E-state index in [1.54, 1.807) is 18.2 Å². The lowest BCUT2D eigenvalue weighted by Crippen LogP contribution is -2.05. The molecule has 0 unspecified atom stereocenters. The molecule has 0 fully saturated rings. The van der Waals surface area contributed by atoms with E-state index < -0.39 is 11.7 Å². The van der Waals surface area contributed by atoms with Gasteiger partial charge in [-0.05, 0) is 23.8 Å². The van der Waals surface area contributed by atoms with Gasteiger partial charge in [-0.15, -0.1) is 5.10 Å². The summed E-state index contributed by atoms with van der Waals surface area (Å²) in [5, 5.41) is 7.46. The van der Waals surface area contributed by atoms with E-state index in [0.29, 0.717) is 11.3 Å². The van der Waals surface area contributed by atoms with Crippen molar-refractivity contribution in [2.75, 3.05) is 5.73 Å². The van der Waals surface area contributed by atoms with Crippen molar-refractivity contribution in [1.29, 1.82) is 0 Å². The highest BCUT2D eigenvalue weighted by Crippen LogP contribution is 2.29. The van der Waals surface area contributed by atoms with Crippen molar-refractivity contribution in [2.24, 2.45) is 0 Å². The molecular formula is C12H10F3N3. The van der Waals surface area contributed by atoms with Crippen LogP contribution in [0.15, 0.2) is 36.4 Å². The maximum absolute atomic E-state index is 12.5. The van der Waals surface area contributed by atoms with Crippen LogP contribution in [0, 0.1) is 0 Å². The number of nitrogen functional groups attached to an aromatic ring is 1. The Morgan fingerprint density at radius 1 is 1.06 bits per heavy atom. The van der Waals surface area contributed by atoms with Gasteiger partial charge >= 0.3 is 6.18 Å². The SMILES string of the molecule is Nc1ccc(Cc2cccc(C(F)(F)F)c2)nn1. The van der Waals surface area contributed by atoms with Crippen molar-refractivity contribution in [2.45, 2.75) is 12.6 Å². The lowest BCUT2D eigenvalue weighted by atomic mass is 10.1. The van der Waals surface area contributed by atoms with Gasteiger partial charge in [0, 0.05) is 6.42 Å². The molecule has 3 nitrogen and oxygen atoms in total. The van der Waals surface area contributed by atoms with Crippen molar-refractivity contribution in [3.8, 4) is 0 Å². The molecule has 0 bridgehead atoms. The highest BCUT2D eigenvalue weighted by Gasteiger charge is 2.30. The van der Waals surface area contributed by atoms with Crippen LogP contribution in [-0.4, -0.2) is 10.2 Å². The molecular weight excluding hydrogens is 243 g/mol. The number of alkyl halides is 3. The van der Waals surface area contributed by atoms with Crippen molar-refractivity contribution in [3.63, 3.8) is 0 Å². The molecule has 1 aromatic heterocycles. The second-order valence-electron chi connectivity index (χ2n) is 3.82. The summed E-state index contributed by atoms with van der Waals surface area (Å²) >= 11 is 0. The molecule has 0 aliphatic heterocycles. The van der Waals surface area contributed by atoms with E-state index in [1.165, 1.54) is 6.07 Å². The minimum absolute atomic E-state index is 0.280. The average Bonchev–Trinajstić information content (AvgIpc) is 2.31. The van der Waals surface area contributed by atoms with E-state index in [1.807, 2.05) is 0 Å². The zero-order valence-electron chi connectivity index (χ0n) is 9.28. The lowest BCUT2D eigenvalue weighted by molar-refractivity contribution is -0.137.